The van der Waals surface area contributed by atoms with Crippen molar-refractivity contribution in [3.8, 4) is 0 Å². The van der Waals surface area contributed by atoms with Crippen molar-refractivity contribution in [2.75, 3.05) is 13.1 Å². The van der Waals surface area contributed by atoms with Gasteiger partial charge in [-0.1, -0.05) is 55.3 Å². The van der Waals surface area contributed by atoms with Crippen molar-refractivity contribution in [1.82, 2.24) is 4.31 Å². The Balaban J connectivity index is 1.96. The van der Waals surface area contributed by atoms with E-state index >= 15 is 0 Å². The maximum atomic E-state index is 12.7. The largest absolute Gasteiger partial charge is 0.455 e. The molecule has 0 aliphatic carbocycles. The highest BCUT2D eigenvalue weighted by molar-refractivity contribution is 7.89. The smallest absolute Gasteiger partial charge is 0.243 e. The Morgan fingerprint density at radius 2 is 1.67 bits per heavy atom. The third-order valence-electron chi connectivity index (χ3n) is 4.83. The zero-order chi connectivity index (χ0) is 22.1. The van der Waals surface area contributed by atoms with Crippen molar-refractivity contribution in [2.45, 2.75) is 25.7 Å². The average Bonchev–Trinajstić information content (AvgIpc) is 2.71. The Labute approximate surface area is 185 Å². The summed E-state index contributed by atoms with van der Waals surface area (Å²) in [5.74, 6) is 0.372. The molecule has 1 aromatic heterocycles. The van der Waals surface area contributed by atoms with Crippen LogP contribution < -0.4 is 5.43 Å². The van der Waals surface area contributed by atoms with Gasteiger partial charge in [0.25, 0.3) is 0 Å². The monoisotopic (exact) mass is 465 g/mol. The maximum Gasteiger partial charge on any atom is 0.243 e. The molecule has 0 spiro atoms. The van der Waals surface area contributed by atoms with Crippen LogP contribution in [0.4, 0.5) is 0 Å². The van der Waals surface area contributed by atoms with Gasteiger partial charge in [0.2, 0.25) is 10.0 Å². The third-order valence-corrected chi connectivity index (χ3v) is 7.39. The van der Waals surface area contributed by atoms with Gasteiger partial charge in [0.15, 0.2) is 11.0 Å². The highest BCUT2D eigenvalue weighted by Gasteiger charge is 2.21. The molecule has 2 aromatic carbocycles. The van der Waals surface area contributed by atoms with Crippen molar-refractivity contribution in [3.63, 3.8) is 0 Å². The molecule has 3 aromatic rings. The first kappa shape index (κ1) is 22.6. The topological polar surface area (TPSA) is 67.6 Å². The van der Waals surface area contributed by atoms with E-state index < -0.39 is 10.0 Å². The minimum atomic E-state index is -3.51. The van der Waals surface area contributed by atoms with E-state index in [9.17, 15) is 13.2 Å². The summed E-state index contributed by atoms with van der Waals surface area (Å²) in [5.41, 5.74) is 1.26. The predicted molar refractivity (Wildman–Crippen MR) is 123 cm³/mol. The van der Waals surface area contributed by atoms with E-state index in [-0.39, 0.29) is 20.9 Å². The van der Waals surface area contributed by atoms with Gasteiger partial charge < -0.3 is 4.42 Å². The second kappa shape index (κ2) is 8.94. The Hall–Kier alpha value is -2.12. The first-order valence-electron chi connectivity index (χ1n) is 9.39. The van der Waals surface area contributed by atoms with E-state index in [1.807, 2.05) is 0 Å². The van der Waals surface area contributed by atoms with Crippen LogP contribution in [0.3, 0.4) is 0 Å². The zero-order valence-corrected chi connectivity index (χ0v) is 19.1. The predicted octanol–water partition coefficient (Wildman–Crippen LogP) is 5.61. The summed E-state index contributed by atoms with van der Waals surface area (Å²) in [5, 5.41) is 0.950. The summed E-state index contributed by atoms with van der Waals surface area (Å²) in [4.78, 5) is 12.9. The molecule has 0 saturated heterocycles. The van der Waals surface area contributed by atoms with Crippen molar-refractivity contribution in [2.24, 2.45) is 0 Å². The molecule has 0 radical (unpaired) electrons. The normalized spacial score (nSPS) is 12.3. The average molecular weight is 466 g/mol. The Morgan fingerprint density at radius 3 is 2.27 bits per heavy atom. The van der Waals surface area contributed by atoms with Crippen LogP contribution in [0.25, 0.3) is 23.1 Å². The molecule has 158 valence electrons. The molecule has 3 rings (SSSR count). The van der Waals surface area contributed by atoms with Gasteiger partial charge >= 0.3 is 0 Å². The highest BCUT2D eigenvalue weighted by Crippen LogP contribution is 2.28. The Kier molecular flexibility index (Phi) is 6.72. The summed E-state index contributed by atoms with van der Waals surface area (Å²) in [6, 6.07) is 9.59. The van der Waals surface area contributed by atoms with Crippen molar-refractivity contribution in [1.29, 1.82) is 0 Å². The van der Waals surface area contributed by atoms with Crippen LogP contribution in [0.5, 0.6) is 0 Å². The lowest BCUT2D eigenvalue weighted by atomic mass is 10.1. The molecule has 0 aliphatic heterocycles. The number of halogens is 2. The van der Waals surface area contributed by atoms with Gasteiger partial charge in [0.05, 0.1) is 15.3 Å². The Morgan fingerprint density at radius 1 is 1.03 bits per heavy atom. The Bertz CT molecular complexity index is 1280. The van der Waals surface area contributed by atoms with E-state index in [0.29, 0.717) is 34.8 Å². The summed E-state index contributed by atoms with van der Waals surface area (Å²) in [6.07, 6.45) is 3.41. The van der Waals surface area contributed by atoms with E-state index in [4.69, 9.17) is 27.6 Å². The summed E-state index contributed by atoms with van der Waals surface area (Å²) in [6.45, 7) is 6.10. The van der Waals surface area contributed by atoms with Crippen LogP contribution in [0.15, 0.2) is 50.5 Å². The van der Waals surface area contributed by atoms with Gasteiger partial charge in [-0.05, 0) is 42.8 Å². The van der Waals surface area contributed by atoms with Gasteiger partial charge in [-0.3, -0.25) is 4.79 Å². The van der Waals surface area contributed by atoms with Crippen LogP contribution in [0.1, 0.15) is 30.7 Å². The second-order valence-electron chi connectivity index (χ2n) is 6.68. The van der Waals surface area contributed by atoms with E-state index in [1.165, 1.54) is 16.4 Å². The standard InChI is InChI=1S/C22H21Cl2NO4S/c1-4-25(5-2)30(27,28)17-9-6-15(7-10-17)8-11-20-14(3)21(26)18-12-16(23)13-19(24)22(18)29-20/h6-13H,4-5H2,1-3H3. The molecule has 0 bridgehead atoms. The van der Waals surface area contributed by atoms with Gasteiger partial charge in [-0.2, -0.15) is 4.31 Å². The maximum absolute atomic E-state index is 12.7. The minimum absolute atomic E-state index is 0.207. The number of rotatable bonds is 6. The first-order chi connectivity index (χ1) is 14.2. The molecule has 0 unspecified atom stereocenters. The zero-order valence-electron chi connectivity index (χ0n) is 16.8. The lowest BCUT2D eigenvalue weighted by Gasteiger charge is -2.18. The number of sulfonamides is 1. The van der Waals surface area contributed by atoms with Crippen LogP contribution >= 0.6 is 23.2 Å². The first-order valence-corrected chi connectivity index (χ1v) is 11.6. The van der Waals surface area contributed by atoms with Crippen molar-refractivity contribution >= 4 is 56.3 Å². The lowest BCUT2D eigenvalue weighted by molar-refractivity contribution is 0.445. The lowest BCUT2D eigenvalue weighted by Crippen LogP contribution is -2.30. The summed E-state index contributed by atoms with van der Waals surface area (Å²) >= 11 is 12.2. The fourth-order valence-electron chi connectivity index (χ4n) is 3.13. The molecule has 8 heteroatoms. The highest BCUT2D eigenvalue weighted by atomic mass is 35.5. The van der Waals surface area contributed by atoms with Crippen LogP contribution in [0, 0.1) is 6.92 Å². The molecule has 0 saturated carbocycles. The molecule has 0 amide bonds. The van der Waals surface area contributed by atoms with Gasteiger partial charge in [-0.15, -0.1) is 0 Å². The molecule has 0 atom stereocenters. The van der Waals surface area contributed by atoms with E-state index in [1.54, 1.807) is 57.2 Å². The van der Waals surface area contributed by atoms with Gasteiger partial charge in [-0.25, -0.2) is 8.42 Å². The van der Waals surface area contributed by atoms with Crippen LogP contribution in [0.2, 0.25) is 10.0 Å². The third kappa shape index (κ3) is 4.32. The number of fused-ring (bicyclic) bond motifs is 1. The fraction of sp³-hybridized carbons (Fsp3) is 0.227. The number of hydrogen-bond donors (Lipinski definition) is 0. The number of hydrogen-bond acceptors (Lipinski definition) is 4. The minimum Gasteiger partial charge on any atom is -0.455 e. The van der Waals surface area contributed by atoms with E-state index in [0.717, 1.165) is 5.56 Å². The molecule has 0 fully saturated rings. The van der Waals surface area contributed by atoms with Crippen LogP contribution in [-0.4, -0.2) is 25.8 Å². The number of benzene rings is 2. The SMILES string of the molecule is CCN(CC)S(=O)(=O)c1ccc(C=Cc2oc3c(Cl)cc(Cl)cc3c(=O)c2C)cc1. The summed E-state index contributed by atoms with van der Waals surface area (Å²) in [7, 11) is -3.51. The van der Waals surface area contributed by atoms with E-state index in [2.05, 4.69) is 0 Å². The molecule has 30 heavy (non-hydrogen) atoms. The second-order valence-corrected chi connectivity index (χ2v) is 9.46. The van der Waals surface area contributed by atoms with Gasteiger partial charge in [0, 0.05) is 23.7 Å². The molecular formula is C22H21Cl2NO4S. The number of nitrogens with zero attached hydrogens (tertiary/aromatic N) is 1. The van der Waals surface area contributed by atoms with Gasteiger partial charge in [0.1, 0.15) is 5.76 Å². The summed E-state index contributed by atoms with van der Waals surface area (Å²) < 4.78 is 32.4. The fourth-order valence-corrected chi connectivity index (χ4v) is 5.12. The molecule has 0 N–H and O–H groups in total. The molecular weight excluding hydrogens is 445 g/mol. The van der Waals surface area contributed by atoms with Crippen LogP contribution in [-0.2, 0) is 10.0 Å². The van der Waals surface area contributed by atoms with Crippen molar-refractivity contribution < 1.29 is 12.8 Å². The molecule has 0 aliphatic rings. The molecule has 1 heterocycles. The quantitative estimate of drug-likeness (QED) is 0.474. The van der Waals surface area contributed by atoms with Crippen molar-refractivity contribution in [3.05, 3.63) is 73.6 Å². The molecule has 5 nitrogen and oxygen atoms in total.